The minimum absolute atomic E-state index is 0.202. The lowest BCUT2D eigenvalue weighted by atomic mass is 9.99. The van der Waals surface area contributed by atoms with E-state index in [1.807, 2.05) is 0 Å². The van der Waals surface area contributed by atoms with Gasteiger partial charge in [-0.15, -0.1) is 0 Å². The van der Waals surface area contributed by atoms with E-state index in [1.165, 1.54) is 6.33 Å². The van der Waals surface area contributed by atoms with E-state index in [0.29, 0.717) is 0 Å². The van der Waals surface area contributed by atoms with Crippen LogP contribution in [0.25, 0.3) is 0 Å². The highest BCUT2D eigenvalue weighted by molar-refractivity contribution is 5.32. The van der Waals surface area contributed by atoms with Crippen LogP contribution in [0.5, 0.6) is 0 Å². The molecule has 1 aromatic heterocycles. The maximum absolute atomic E-state index is 12.4. The van der Waals surface area contributed by atoms with E-state index >= 15 is 0 Å². The minimum atomic E-state index is -4.33. The fourth-order valence-corrected chi connectivity index (χ4v) is 1.65. The van der Waals surface area contributed by atoms with Gasteiger partial charge in [0.15, 0.2) is 0 Å². The van der Waals surface area contributed by atoms with Crippen LogP contribution in [-0.2, 0) is 0 Å². The Morgan fingerprint density at radius 3 is 2.69 bits per heavy atom. The zero-order chi connectivity index (χ0) is 11.8. The van der Waals surface area contributed by atoms with Crippen LogP contribution in [0.2, 0.25) is 0 Å². The first-order valence-electron chi connectivity index (χ1n) is 4.70. The molecular formula is C10H10F3N3. The second-order valence-corrected chi connectivity index (χ2v) is 3.56. The number of alkyl halides is 3. The molecule has 86 valence electrons. The standard InChI is InChI=1S/C10H10F3N3/c11-10(12,13)7-1-2-9(8(14)5-7)16-4-3-15-6-16/h1,3-6,9H,2,14H2. The van der Waals surface area contributed by atoms with Crippen molar-refractivity contribution in [2.45, 2.75) is 18.6 Å². The van der Waals surface area contributed by atoms with Crippen LogP contribution >= 0.6 is 0 Å². The molecule has 0 radical (unpaired) electrons. The Labute approximate surface area is 90.1 Å². The third-order valence-corrected chi connectivity index (χ3v) is 2.48. The summed E-state index contributed by atoms with van der Waals surface area (Å²) in [5.74, 6) is 0. The van der Waals surface area contributed by atoms with Crippen LogP contribution in [0.4, 0.5) is 13.2 Å². The van der Waals surface area contributed by atoms with Crippen LogP contribution in [0.3, 0.4) is 0 Å². The molecule has 0 spiro atoms. The zero-order valence-electron chi connectivity index (χ0n) is 8.28. The van der Waals surface area contributed by atoms with Crippen molar-refractivity contribution in [1.29, 1.82) is 0 Å². The van der Waals surface area contributed by atoms with Crippen molar-refractivity contribution in [2.24, 2.45) is 5.73 Å². The van der Waals surface area contributed by atoms with Gasteiger partial charge < -0.3 is 10.3 Å². The highest BCUT2D eigenvalue weighted by Crippen LogP contribution is 2.34. The molecule has 0 aliphatic heterocycles. The first-order valence-corrected chi connectivity index (χ1v) is 4.70. The maximum atomic E-state index is 12.4. The van der Waals surface area contributed by atoms with Crippen LogP contribution in [0, 0.1) is 0 Å². The number of aromatic nitrogens is 2. The van der Waals surface area contributed by atoms with Gasteiger partial charge in [0.1, 0.15) is 0 Å². The fourth-order valence-electron chi connectivity index (χ4n) is 1.65. The first-order chi connectivity index (χ1) is 7.48. The van der Waals surface area contributed by atoms with Crippen molar-refractivity contribution in [3.63, 3.8) is 0 Å². The third kappa shape index (κ3) is 1.95. The van der Waals surface area contributed by atoms with Crippen molar-refractivity contribution >= 4 is 0 Å². The summed E-state index contributed by atoms with van der Waals surface area (Å²) in [6.07, 6.45) is 2.82. The maximum Gasteiger partial charge on any atom is 0.416 e. The predicted octanol–water partition coefficient (Wildman–Crippen LogP) is 2.16. The second-order valence-electron chi connectivity index (χ2n) is 3.56. The van der Waals surface area contributed by atoms with Gasteiger partial charge in [-0.2, -0.15) is 13.2 Å². The molecular weight excluding hydrogens is 219 g/mol. The van der Waals surface area contributed by atoms with Gasteiger partial charge in [-0.3, -0.25) is 0 Å². The topological polar surface area (TPSA) is 43.8 Å². The molecule has 2 N–H and O–H groups in total. The number of hydrogen-bond donors (Lipinski definition) is 1. The molecule has 1 aliphatic rings. The number of halogens is 3. The molecule has 0 aromatic carbocycles. The quantitative estimate of drug-likeness (QED) is 0.801. The largest absolute Gasteiger partial charge is 0.416 e. The van der Waals surface area contributed by atoms with Gasteiger partial charge in [-0.05, 0) is 12.5 Å². The van der Waals surface area contributed by atoms with Gasteiger partial charge in [-0.25, -0.2) is 4.98 Å². The van der Waals surface area contributed by atoms with Crippen molar-refractivity contribution < 1.29 is 13.2 Å². The van der Waals surface area contributed by atoms with Gasteiger partial charge in [-0.1, -0.05) is 6.08 Å². The molecule has 0 saturated heterocycles. The second kappa shape index (κ2) is 3.70. The number of imidazole rings is 1. The summed E-state index contributed by atoms with van der Waals surface area (Å²) in [6.45, 7) is 0. The van der Waals surface area contributed by atoms with Crippen molar-refractivity contribution in [3.8, 4) is 0 Å². The Hall–Kier alpha value is -1.72. The molecule has 1 aromatic rings. The van der Waals surface area contributed by atoms with E-state index in [1.54, 1.807) is 17.0 Å². The average Bonchev–Trinajstić information content (AvgIpc) is 2.69. The lowest BCUT2D eigenvalue weighted by Gasteiger charge is -2.23. The Balaban J connectivity index is 2.23. The zero-order valence-corrected chi connectivity index (χ0v) is 8.28. The summed E-state index contributed by atoms with van der Waals surface area (Å²) in [5, 5.41) is 0. The summed E-state index contributed by atoms with van der Waals surface area (Å²) >= 11 is 0. The Morgan fingerprint density at radius 1 is 1.44 bits per heavy atom. The van der Waals surface area contributed by atoms with E-state index in [4.69, 9.17) is 5.73 Å². The SMILES string of the molecule is NC1=CC(C(F)(F)F)=CCC1n1ccnc1. The molecule has 16 heavy (non-hydrogen) atoms. The molecule has 1 aliphatic carbocycles. The summed E-state index contributed by atoms with van der Waals surface area (Å²) in [4.78, 5) is 3.84. The fraction of sp³-hybridized carbons (Fsp3) is 0.300. The van der Waals surface area contributed by atoms with Gasteiger partial charge in [0.2, 0.25) is 0 Å². The van der Waals surface area contributed by atoms with Gasteiger partial charge in [0.25, 0.3) is 0 Å². The summed E-state index contributed by atoms with van der Waals surface area (Å²) in [6, 6.07) is -0.270. The Kier molecular flexibility index (Phi) is 2.49. The Bertz CT molecular complexity index is 429. The first kappa shape index (κ1) is 10.8. The van der Waals surface area contributed by atoms with Crippen molar-refractivity contribution in [3.05, 3.63) is 42.1 Å². The Morgan fingerprint density at radius 2 is 2.19 bits per heavy atom. The smallest absolute Gasteiger partial charge is 0.400 e. The summed E-state index contributed by atoms with van der Waals surface area (Å²) < 4.78 is 38.9. The number of rotatable bonds is 1. The van der Waals surface area contributed by atoms with Gasteiger partial charge in [0.05, 0.1) is 17.9 Å². The molecule has 1 heterocycles. The molecule has 1 atom stereocenters. The minimum Gasteiger partial charge on any atom is -0.400 e. The molecule has 0 amide bonds. The van der Waals surface area contributed by atoms with E-state index in [2.05, 4.69) is 4.98 Å². The van der Waals surface area contributed by atoms with Crippen molar-refractivity contribution in [2.75, 3.05) is 0 Å². The number of nitrogens with zero attached hydrogens (tertiary/aromatic N) is 2. The number of nitrogens with two attached hydrogens (primary N) is 1. The lowest BCUT2D eigenvalue weighted by Crippen LogP contribution is -2.22. The van der Waals surface area contributed by atoms with E-state index in [0.717, 1.165) is 12.2 Å². The highest BCUT2D eigenvalue weighted by atomic mass is 19.4. The van der Waals surface area contributed by atoms with E-state index < -0.39 is 11.7 Å². The van der Waals surface area contributed by atoms with E-state index in [-0.39, 0.29) is 18.2 Å². The van der Waals surface area contributed by atoms with Crippen LogP contribution in [-0.4, -0.2) is 15.7 Å². The number of allylic oxidation sites excluding steroid dienone is 4. The van der Waals surface area contributed by atoms with Gasteiger partial charge >= 0.3 is 6.18 Å². The highest BCUT2D eigenvalue weighted by Gasteiger charge is 2.34. The van der Waals surface area contributed by atoms with Crippen molar-refractivity contribution in [1.82, 2.24) is 9.55 Å². The summed E-state index contributed by atoms with van der Waals surface area (Å²) in [5.41, 5.74) is 5.15. The average molecular weight is 229 g/mol. The van der Waals surface area contributed by atoms with Crippen LogP contribution in [0.15, 0.2) is 42.1 Å². The van der Waals surface area contributed by atoms with E-state index in [9.17, 15) is 13.2 Å². The molecule has 0 bridgehead atoms. The molecule has 1 unspecified atom stereocenters. The molecule has 3 nitrogen and oxygen atoms in total. The lowest BCUT2D eigenvalue weighted by molar-refractivity contribution is -0.0888. The molecule has 0 saturated carbocycles. The normalized spacial score (nSPS) is 21.6. The van der Waals surface area contributed by atoms with Crippen LogP contribution in [0.1, 0.15) is 12.5 Å². The number of hydrogen-bond acceptors (Lipinski definition) is 2. The summed E-state index contributed by atoms with van der Waals surface area (Å²) in [7, 11) is 0. The third-order valence-electron chi connectivity index (χ3n) is 2.48. The monoisotopic (exact) mass is 229 g/mol. The molecule has 2 rings (SSSR count). The van der Waals surface area contributed by atoms with Gasteiger partial charge in [0, 0.05) is 18.1 Å². The van der Waals surface area contributed by atoms with Crippen LogP contribution < -0.4 is 5.73 Å². The predicted molar refractivity (Wildman–Crippen MR) is 52.3 cm³/mol. The molecule has 0 fully saturated rings. The molecule has 6 heteroatoms.